The Morgan fingerprint density at radius 2 is 2.05 bits per heavy atom. The monoisotopic (exact) mass is 279 g/mol. The van der Waals surface area contributed by atoms with Gasteiger partial charge >= 0.3 is 0 Å². The first-order valence-corrected chi connectivity index (χ1v) is 7.40. The van der Waals surface area contributed by atoms with E-state index in [9.17, 15) is 9.18 Å². The van der Waals surface area contributed by atoms with E-state index in [1.807, 2.05) is 0 Å². The smallest absolute Gasteiger partial charge is 0.257 e. The van der Waals surface area contributed by atoms with Crippen molar-refractivity contribution >= 4 is 5.91 Å². The summed E-state index contributed by atoms with van der Waals surface area (Å²) < 4.78 is 18.4. The van der Waals surface area contributed by atoms with E-state index in [4.69, 9.17) is 4.74 Å². The maximum atomic E-state index is 13.3. The molecule has 1 N–H and O–H groups in total. The van der Waals surface area contributed by atoms with Crippen molar-refractivity contribution in [3.8, 4) is 5.75 Å². The molecule has 0 heterocycles. The van der Waals surface area contributed by atoms with Gasteiger partial charge in [0.05, 0.1) is 0 Å². The molecule has 0 aliphatic heterocycles. The van der Waals surface area contributed by atoms with Crippen LogP contribution in [0.25, 0.3) is 0 Å². The van der Waals surface area contributed by atoms with Crippen LogP contribution in [-0.2, 0) is 4.79 Å². The number of amides is 1. The van der Waals surface area contributed by atoms with Crippen molar-refractivity contribution in [1.82, 2.24) is 5.32 Å². The van der Waals surface area contributed by atoms with E-state index in [1.165, 1.54) is 44.2 Å². The van der Waals surface area contributed by atoms with Gasteiger partial charge in [-0.05, 0) is 30.9 Å². The minimum atomic E-state index is -0.443. The number of hydrogen-bond donors (Lipinski definition) is 1. The summed E-state index contributed by atoms with van der Waals surface area (Å²) in [5.74, 6) is 0.330. The zero-order chi connectivity index (χ0) is 14.2. The van der Waals surface area contributed by atoms with Gasteiger partial charge in [0.2, 0.25) is 0 Å². The Bertz CT molecular complexity index is 430. The van der Waals surface area contributed by atoms with Crippen LogP contribution >= 0.6 is 0 Å². The largest absolute Gasteiger partial charge is 0.481 e. The summed E-state index contributed by atoms with van der Waals surface area (Å²) in [5.41, 5.74) is 0. The topological polar surface area (TPSA) is 38.3 Å². The van der Waals surface area contributed by atoms with Crippen molar-refractivity contribution in [2.24, 2.45) is 5.92 Å². The van der Waals surface area contributed by atoms with E-state index in [0.717, 1.165) is 12.3 Å². The number of nitrogens with one attached hydrogen (secondary N) is 1. The van der Waals surface area contributed by atoms with Crippen LogP contribution in [0, 0.1) is 11.7 Å². The van der Waals surface area contributed by atoms with E-state index in [1.54, 1.807) is 12.1 Å². The molecule has 0 spiro atoms. The fraction of sp³-hybridized carbons (Fsp3) is 0.562. The van der Waals surface area contributed by atoms with Crippen LogP contribution in [0.4, 0.5) is 4.39 Å². The molecule has 1 amide bonds. The number of rotatable bonds is 7. The summed E-state index contributed by atoms with van der Waals surface area (Å²) in [6.07, 6.45) is 7.58. The molecule has 3 nitrogen and oxygen atoms in total. The fourth-order valence-corrected chi connectivity index (χ4v) is 2.67. The highest BCUT2D eigenvalue weighted by Crippen LogP contribution is 2.28. The van der Waals surface area contributed by atoms with Gasteiger partial charge in [-0.25, -0.2) is 4.39 Å². The molecule has 110 valence electrons. The normalized spacial score (nSPS) is 15.2. The van der Waals surface area contributed by atoms with Gasteiger partial charge < -0.3 is 10.1 Å². The number of halogens is 1. The predicted molar refractivity (Wildman–Crippen MR) is 76.1 cm³/mol. The molecule has 1 aromatic rings. The van der Waals surface area contributed by atoms with Crippen LogP contribution in [0.5, 0.6) is 5.75 Å². The summed E-state index contributed by atoms with van der Waals surface area (Å²) in [7, 11) is 0. The zero-order valence-electron chi connectivity index (χ0n) is 11.7. The summed E-state index contributed by atoms with van der Waals surface area (Å²) in [6.45, 7) is 0.542. The number of carbonyl (C=O) groups excluding carboxylic acids is 1. The average molecular weight is 279 g/mol. The molecule has 2 rings (SSSR count). The van der Waals surface area contributed by atoms with E-state index >= 15 is 0 Å². The molecule has 0 saturated heterocycles. The molecule has 20 heavy (non-hydrogen) atoms. The molecule has 0 bridgehead atoms. The maximum Gasteiger partial charge on any atom is 0.257 e. The second-order valence-electron chi connectivity index (χ2n) is 5.36. The van der Waals surface area contributed by atoms with Crippen molar-refractivity contribution in [2.45, 2.75) is 38.5 Å². The minimum absolute atomic E-state index is 0.119. The Morgan fingerprint density at radius 1 is 1.30 bits per heavy atom. The van der Waals surface area contributed by atoms with Gasteiger partial charge in [-0.1, -0.05) is 37.8 Å². The maximum absolute atomic E-state index is 13.3. The van der Waals surface area contributed by atoms with Crippen LogP contribution in [0.2, 0.25) is 0 Å². The third-order valence-corrected chi connectivity index (χ3v) is 3.78. The van der Waals surface area contributed by atoms with Crippen molar-refractivity contribution in [3.63, 3.8) is 0 Å². The van der Waals surface area contributed by atoms with Crippen LogP contribution in [0.15, 0.2) is 24.3 Å². The molecule has 0 atom stereocenters. The van der Waals surface area contributed by atoms with Gasteiger partial charge in [-0.15, -0.1) is 0 Å². The van der Waals surface area contributed by atoms with Crippen molar-refractivity contribution in [2.75, 3.05) is 13.2 Å². The Hall–Kier alpha value is -1.58. The first kappa shape index (κ1) is 14.8. The Morgan fingerprint density at radius 3 is 2.80 bits per heavy atom. The van der Waals surface area contributed by atoms with Gasteiger partial charge in [0, 0.05) is 6.54 Å². The van der Waals surface area contributed by atoms with E-state index in [-0.39, 0.29) is 18.3 Å². The Balaban J connectivity index is 1.57. The Labute approximate surface area is 119 Å². The molecule has 1 aromatic carbocycles. The van der Waals surface area contributed by atoms with E-state index < -0.39 is 5.82 Å². The van der Waals surface area contributed by atoms with Gasteiger partial charge in [-0.2, -0.15) is 0 Å². The summed E-state index contributed by atoms with van der Waals surface area (Å²) in [4.78, 5) is 11.6. The first-order chi connectivity index (χ1) is 9.75. The van der Waals surface area contributed by atoms with Crippen LogP contribution in [-0.4, -0.2) is 19.1 Å². The van der Waals surface area contributed by atoms with Crippen LogP contribution in [0.1, 0.15) is 38.5 Å². The third-order valence-electron chi connectivity index (χ3n) is 3.78. The molecule has 1 saturated carbocycles. The van der Waals surface area contributed by atoms with E-state index in [0.29, 0.717) is 6.54 Å². The van der Waals surface area contributed by atoms with Gasteiger partial charge in [0.25, 0.3) is 5.91 Å². The lowest BCUT2D eigenvalue weighted by atomic mass is 10.0. The molecule has 0 unspecified atom stereocenters. The standard InChI is InChI=1S/C16H22FNO2/c17-14-9-3-4-10-15(14)20-12-16(19)18-11-5-8-13-6-1-2-7-13/h3-4,9-10,13H,1-2,5-8,11-12H2,(H,18,19). The minimum Gasteiger partial charge on any atom is -0.481 e. The number of ether oxygens (including phenoxy) is 1. The zero-order valence-corrected chi connectivity index (χ0v) is 11.7. The first-order valence-electron chi connectivity index (χ1n) is 7.40. The molecule has 1 aliphatic carbocycles. The van der Waals surface area contributed by atoms with Crippen molar-refractivity contribution in [1.29, 1.82) is 0 Å². The highest BCUT2D eigenvalue weighted by atomic mass is 19.1. The van der Waals surface area contributed by atoms with Crippen molar-refractivity contribution in [3.05, 3.63) is 30.1 Å². The molecular formula is C16H22FNO2. The van der Waals surface area contributed by atoms with Gasteiger partial charge in [-0.3, -0.25) is 4.79 Å². The number of carbonyl (C=O) groups is 1. The molecular weight excluding hydrogens is 257 g/mol. The molecule has 0 aromatic heterocycles. The lowest BCUT2D eigenvalue weighted by Crippen LogP contribution is -2.30. The third kappa shape index (κ3) is 4.83. The van der Waals surface area contributed by atoms with Gasteiger partial charge in [0.15, 0.2) is 18.2 Å². The highest BCUT2D eigenvalue weighted by Gasteiger charge is 2.14. The summed E-state index contributed by atoms with van der Waals surface area (Å²) in [6, 6.07) is 6.10. The summed E-state index contributed by atoms with van der Waals surface area (Å²) >= 11 is 0. The van der Waals surface area contributed by atoms with Crippen molar-refractivity contribution < 1.29 is 13.9 Å². The molecule has 4 heteroatoms. The number of para-hydroxylation sites is 1. The summed E-state index contributed by atoms with van der Waals surface area (Å²) in [5, 5.41) is 2.81. The fourth-order valence-electron chi connectivity index (χ4n) is 2.67. The second-order valence-corrected chi connectivity index (χ2v) is 5.36. The predicted octanol–water partition coefficient (Wildman–Crippen LogP) is 3.29. The van der Waals surface area contributed by atoms with Gasteiger partial charge in [0.1, 0.15) is 0 Å². The number of benzene rings is 1. The molecule has 1 fully saturated rings. The molecule has 0 radical (unpaired) electrons. The number of hydrogen-bond acceptors (Lipinski definition) is 2. The van der Waals surface area contributed by atoms with Crippen LogP contribution < -0.4 is 10.1 Å². The Kier molecular flexibility index (Phi) is 5.84. The lowest BCUT2D eigenvalue weighted by Gasteiger charge is -2.10. The molecule has 1 aliphatic rings. The second kappa shape index (κ2) is 7.88. The quantitative estimate of drug-likeness (QED) is 0.778. The lowest BCUT2D eigenvalue weighted by molar-refractivity contribution is -0.123. The van der Waals surface area contributed by atoms with E-state index in [2.05, 4.69) is 5.32 Å². The SMILES string of the molecule is O=C(COc1ccccc1F)NCCCC1CCCC1. The van der Waals surface area contributed by atoms with Crippen LogP contribution in [0.3, 0.4) is 0 Å². The average Bonchev–Trinajstić information content (AvgIpc) is 2.96. The highest BCUT2D eigenvalue weighted by molar-refractivity contribution is 5.77.